The number of likely N-dealkylation sites (N-methyl/N-ethyl adjacent to an activating group) is 1. The number of hydrogen-bond donors (Lipinski definition) is 0. The Hall–Kier alpha value is -2.10. The summed E-state index contributed by atoms with van der Waals surface area (Å²) in [4.78, 5) is 26.8. The summed E-state index contributed by atoms with van der Waals surface area (Å²) in [5.41, 5.74) is -0.913. The fourth-order valence-electron chi connectivity index (χ4n) is 2.82. The fourth-order valence-corrected chi connectivity index (χ4v) is 2.82. The summed E-state index contributed by atoms with van der Waals surface area (Å²) in [6.07, 6.45) is -3.89. The van der Waals surface area contributed by atoms with E-state index in [0.29, 0.717) is 6.20 Å². The van der Waals surface area contributed by atoms with Crippen molar-refractivity contribution >= 4 is 24.2 Å². The third-order valence-electron chi connectivity index (χ3n) is 3.87. The lowest BCUT2D eigenvalue weighted by molar-refractivity contribution is -0.791. The number of halogens is 3. The first kappa shape index (κ1) is 13.9. The molecule has 0 unspecified atom stereocenters. The Labute approximate surface area is 117 Å². The number of aromatic nitrogens is 1. The first-order chi connectivity index (χ1) is 9.66. The van der Waals surface area contributed by atoms with E-state index in [4.69, 9.17) is 9.31 Å². The van der Waals surface area contributed by atoms with E-state index in [-0.39, 0.29) is 23.1 Å². The lowest BCUT2D eigenvalue weighted by atomic mass is 9.64. The van der Waals surface area contributed by atoms with Crippen LogP contribution < -0.4 is 5.59 Å². The van der Waals surface area contributed by atoms with Gasteiger partial charge in [-0.15, -0.1) is 0 Å². The summed E-state index contributed by atoms with van der Waals surface area (Å²) in [7, 11) is 1.58. The van der Waals surface area contributed by atoms with Crippen LogP contribution in [0.4, 0.5) is 13.2 Å². The van der Waals surface area contributed by atoms with Gasteiger partial charge in [-0.25, -0.2) is 0 Å². The molecule has 3 heterocycles. The standard InChI is InChI=1S/C11H10BF3N2O4/c1-17-5-9(18)20-12(17,21-10(19)6-17)8-3-2-7(4-16-8)11(13,14)15/h2-4H,5-6H2,1H3. The van der Waals surface area contributed by atoms with Crippen LogP contribution in [0.3, 0.4) is 0 Å². The maximum atomic E-state index is 12.6. The van der Waals surface area contributed by atoms with Crippen molar-refractivity contribution in [2.45, 2.75) is 6.18 Å². The van der Waals surface area contributed by atoms with Gasteiger partial charge in [0, 0.05) is 18.8 Å². The number of nitrogens with zero attached hydrogens (tertiary/aromatic N) is 2. The predicted molar refractivity (Wildman–Crippen MR) is 62.7 cm³/mol. The maximum Gasteiger partial charge on any atom is 0.632 e. The van der Waals surface area contributed by atoms with Crippen molar-refractivity contribution in [2.75, 3.05) is 20.1 Å². The maximum absolute atomic E-state index is 12.6. The Kier molecular flexibility index (Phi) is 2.62. The topological polar surface area (TPSA) is 65.5 Å². The van der Waals surface area contributed by atoms with E-state index in [1.54, 1.807) is 7.05 Å². The lowest BCUT2D eigenvalue weighted by Crippen LogP contribution is -2.68. The molecule has 0 N–H and O–H groups in total. The second-order valence-corrected chi connectivity index (χ2v) is 5.42. The molecule has 0 saturated carbocycles. The number of pyridine rings is 1. The number of carbonyl (C=O) groups is 2. The highest BCUT2D eigenvalue weighted by atomic mass is 19.4. The summed E-state index contributed by atoms with van der Waals surface area (Å²) in [6.45, 7) is -2.76. The molecule has 2 aliphatic heterocycles. The van der Waals surface area contributed by atoms with E-state index in [9.17, 15) is 22.8 Å². The molecule has 0 bridgehead atoms. The first-order valence-corrected chi connectivity index (χ1v) is 6.12. The van der Waals surface area contributed by atoms with Gasteiger partial charge >= 0.3 is 24.8 Å². The van der Waals surface area contributed by atoms with Crippen LogP contribution in [0.25, 0.3) is 0 Å². The molecule has 21 heavy (non-hydrogen) atoms. The van der Waals surface area contributed by atoms with Gasteiger partial charge in [0.15, 0.2) is 0 Å². The van der Waals surface area contributed by atoms with Gasteiger partial charge in [0.05, 0.1) is 5.56 Å². The van der Waals surface area contributed by atoms with E-state index in [2.05, 4.69) is 4.98 Å². The number of hydrogen-bond acceptors (Lipinski definition) is 5. The summed E-state index contributed by atoms with van der Waals surface area (Å²) in [6, 6.07) is 1.90. The van der Waals surface area contributed by atoms with Crippen molar-refractivity contribution in [1.29, 1.82) is 0 Å². The van der Waals surface area contributed by atoms with Crippen LogP contribution in [0.15, 0.2) is 18.3 Å². The fraction of sp³-hybridized carbons (Fsp3) is 0.364. The Morgan fingerprint density at radius 2 is 1.76 bits per heavy atom. The van der Waals surface area contributed by atoms with E-state index < -0.39 is 30.4 Å². The first-order valence-electron chi connectivity index (χ1n) is 6.12. The molecule has 0 spiro atoms. The van der Waals surface area contributed by atoms with Gasteiger partial charge in [0.25, 0.3) is 0 Å². The minimum absolute atomic E-state index is 0.0159. The van der Waals surface area contributed by atoms with E-state index in [1.807, 2.05) is 0 Å². The molecule has 2 aliphatic rings. The second kappa shape index (κ2) is 3.97. The largest absolute Gasteiger partial charge is 0.632 e. The van der Waals surface area contributed by atoms with Crippen LogP contribution in [-0.2, 0) is 25.1 Å². The molecule has 0 aliphatic carbocycles. The van der Waals surface area contributed by atoms with Gasteiger partial charge in [0.1, 0.15) is 13.1 Å². The van der Waals surface area contributed by atoms with Gasteiger partial charge in [0.2, 0.25) is 0 Å². The number of quaternary nitrogens is 1. The van der Waals surface area contributed by atoms with Crippen molar-refractivity contribution in [1.82, 2.24) is 4.98 Å². The van der Waals surface area contributed by atoms with Gasteiger partial charge in [-0.2, -0.15) is 13.2 Å². The third-order valence-corrected chi connectivity index (χ3v) is 3.87. The van der Waals surface area contributed by atoms with Gasteiger partial charge in [-0.1, -0.05) is 6.07 Å². The Morgan fingerprint density at radius 1 is 1.19 bits per heavy atom. The monoisotopic (exact) mass is 302 g/mol. The summed E-state index contributed by atoms with van der Waals surface area (Å²) in [5, 5.41) is 0. The normalized spacial score (nSPS) is 31.8. The zero-order valence-corrected chi connectivity index (χ0v) is 10.9. The molecule has 1 aromatic heterocycles. The van der Waals surface area contributed by atoms with Crippen molar-refractivity contribution in [2.24, 2.45) is 0 Å². The van der Waals surface area contributed by atoms with E-state index in [0.717, 1.165) is 12.1 Å². The average Bonchev–Trinajstić information content (AvgIpc) is 2.72. The highest BCUT2D eigenvalue weighted by Gasteiger charge is 2.67. The number of alkyl halides is 3. The van der Waals surface area contributed by atoms with Gasteiger partial charge < -0.3 is 13.7 Å². The molecular formula is C11H10BF3N2O4. The Morgan fingerprint density at radius 3 is 2.19 bits per heavy atom. The van der Waals surface area contributed by atoms with Crippen LogP contribution in [0.2, 0.25) is 0 Å². The Bertz CT molecular complexity index is 611. The van der Waals surface area contributed by atoms with Crippen molar-refractivity contribution in [3.8, 4) is 0 Å². The third kappa shape index (κ3) is 1.89. The lowest BCUT2D eigenvalue weighted by Gasteiger charge is -2.39. The predicted octanol–water partition coefficient (Wildman–Crippen LogP) is -0.194. The van der Waals surface area contributed by atoms with Crippen LogP contribution in [-0.4, -0.2) is 48.1 Å². The molecule has 3 rings (SSSR count). The molecule has 112 valence electrons. The average molecular weight is 302 g/mol. The molecule has 0 amide bonds. The van der Waals surface area contributed by atoms with Gasteiger partial charge in [-0.3, -0.25) is 14.6 Å². The minimum Gasteiger partial charge on any atom is -0.595 e. The Balaban J connectivity index is 2.05. The molecular weight excluding hydrogens is 292 g/mol. The zero-order valence-electron chi connectivity index (χ0n) is 10.9. The van der Waals surface area contributed by atoms with Crippen LogP contribution in [0.1, 0.15) is 5.56 Å². The van der Waals surface area contributed by atoms with Crippen molar-refractivity contribution in [3.63, 3.8) is 0 Å². The van der Waals surface area contributed by atoms with E-state index in [1.165, 1.54) is 0 Å². The highest BCUT2D eigenvalue weighted by molar-refractivity contribution is 6.78. The molecule has 2 fully saturated rings. The summed E-state index contributed by atoms with van der Waals surface area (Å²) >= 11 is 0. The number of carbonyl (C=O) groups excluding carboxylic acids is 2. The smallest absolute Gasteiger partial charge is 0.595 e. The summed E-state index contributed by atoms with van der Waals surface area (Å²) < 4.78 is 47.8. The van der Waals surface area contributed by atoms with Crippen LogP contribution >= 0.6 is 0 Å². The quantitative estimate of drug-likeness (QED) is 0.673. The molecule has 6 nitrogen and oxygen atoms in total. The zero-order chi connectivity index (χ0) is 15.5. The molecule has 0 aromatic carbocycles. The number of fused-ring (bicyclic) bond motifs is 1. The summed E-state index contributed by atoms with van der Waals surface area (Å²) in [5.74, 6) is -1.15. The minimum atomic E-state index is -4.52. The van der Waals surface area contributed by atoms with Crippen LogP contribution in [0, 0.1) is 0 Å². The molecule has 0 radical (unpaired) electrons. The van der Waals surface area contributed by atoms with Crippen LogP contribution in [0.5, 0.6) is 0 Å². The SMILES string of the molecule is C[N+]12CC(=O)O[B-]1(c1ccc(C(F)(F)F)cn1)OC(=O)C2. The molecule has 10 heteroatoms. The highest BCUT2D eigenvalue weighted by Crippen LogP contribution is 2.33. The second-order valence-electron chi connectivity index (χ2n) is 5.42. The molecule has 1 aromatic rings. The van der Waals surface area contributed by atoms with Crippen molar-refractivity contribution < 1.29 is 36.5 Å². The van der Waals surface area contributed by atoms with Crippen molar-refractivity contribution in [3.05, 3.63) is 23.9 Å². The molecule has 0 atom stereocenters. The van der Waals surface area contributed by atoms with E-state index >= 15 is 0 Å². The van der Waals surface area contributed by atoms with Gasteiger partial charge in [-0.05, 0) is 6.07 Å². The number of rotatable bonds is 1. The molecule has 2 saturated heterocycles.